The minimum Gasteiger partial charge on any atom is -0.487 e. The molecular weight excluding hydrogens is 312 g/mol. The normalized spacial score (nSPS) is 28.1. The van der Waals surface area contributed by atoms with E-state index in [0.717, 1.165) is 31.4 Å². The van der Waals surface area contributed by atoms with Crippen LogP contribution < -0.4 is 10.1 Å². The highest BCUT2D eigenvalue weighted by Gasteiger charge is 2.45. The molecule has 2 fully saturated rings. The van der Waals surface area contributed by atoms with Crippen LogP contribution in [0.5, 0.6) is 5.75 Å². The molecule has 0 bridgehead atoms. The highest BCUT2D eigenvalue weighted by molar-refractivity contribution is 7.89. The Labute approximate surface area is 138 Å². The number of rotatable bonds is 4. The van der Waals surface area contributed by atoms with E-state index < -0.39 is 10.0 Å². The molecule has 2 heterocycles. The number of sulfonamides is 1. The molecule has 23 heavy (non-hydrogen) atoms. The maximum atomic E-state index is 11.9. The van der Waals surface area contributed by atoms with Crippen LogP contribution in [0, 0.1) is 0 Å². The Morgan fingerprint density at radius 3 is 2.78 bits per heavy atom. The van der Waals surface area contributed by atoms with Crippen LogP contribution in [0.4, 0.5) is 0 Å². The Kier molecular flexibility index (Phi) is 3.86. The predicted octanol–water partition coefficient (Wildman–Crippen LogP) is 2.06. The van der Waals surface area contributed by atoms with E-state index in [1.54, 1.807) is 4.31 Å². The van der Waals surface area contributed by atoms with Gasteiger partial charge in [0.2, 0.25) is 10.0 Å². The molecule has 1 aliphatic carbocycles. The molecule has 0 aromatic heterocycles. The monoisotopic (exact) mass is 336 g/mol. The topological polar surface area (TPSA) is 58.6 Å². The Morgan fingerprint density at radius 2 is 2.09 bits per heavy atom. The summed E-state index contributed by atoms with van der Waals surface area (Å²) in [6, 6.07) is 8.48. The van der Waals surface area contributed by atoms with E-state index in [2.05, 4.69) is 11.4 Å². The first-order chi connectivity index (χ1) is 11.1. The van der Waals surface area contributed by atoms with E-state index in [1.165, 1.54) is 12.0 Å². The summed E-state index contributed by atoms with van der Waals surface area (Å²) in [5, 5.41) is 3.58. The third kappa shape index (κ3) is 2.88. The second-order valence-corrected chi connectivity index (χ2v) is 9.04. The second kappa shape index (κ2) is 5.76. The van der Waals surface area contributed by atoms with Crippen LogP contribution >= 0.6 is 0 Å². The molecule has 0 radical (unpaired) electrons. The van der Waals surface area contributed by atoms with E-state index in [-0.39, 0.29) is 11.6 Å². The van der Waals surface area contributed by atoms with Gasteiger partial charge in [0.05, 0.1) is 5.75 Å². The summed E-state index contributed by atoms with van der Waals surface area (Å²) in [4.78, 5) is 0. The van der Waals surface area contributed by atoms with Crippen molar-refractivity contribution in [2.75, 3.05) is 25.4 Å². The molecule has 0 unspecified atom stereocenters. The molecule has 1 aromatic carbocycles. The molecule has 3 aliphatic rings. The van der Waals surface area contributed by atoms with Crippen molar-refractivity contribution in [1.29, 1.82) is 0 Å². The minimum absolute atomic E-state index is 0.00570. The van der Waals surface area contributed by atoms with Crippen LogP contribution in [0.3, 0.4) is 0 Å². The Bertz CT molecular complexity index is 685. The van der Waals surface area contributed by atoms with Gasteiger partial charge in [-0.1, -0.05) is 18.2 Å². The average Bonchev–Trinajstić information content (AvgIpc) is 2.84. The molecule has 5 nitrogen and oxygen atoms in total. The smallest absolute Gasteiger partial charge is 0.214 e. The first kappa shape index (κ1) is 15.4. The number of fused-ring (bicyclic) bond motifs is 1. The lowest BCUT2D eigenvalue weighted by Crippen LogP contribution is -2.49. The summed E-state index contributed by atoms with van der Waals surface area (Å²) in [6.45, 7) is 1.92. The van der Waals surface area contributed by atoms with Gasteiger partial charge in [-0.25, -0.2) is 12.7 Å². The lowest BCUT2D eigenvalue weighted by Gasteiger charge is -2.48. The fourth-order valence-corrected chi connectivity index (χ4v) is 5.51. The number of para-hydroxylation sites is 1. The fourth-order valence-electron chi connectivity index (χ4n) is 3.98. The van der Waals surface area contributed by atoms with Crippen LogP contribution in [0.2, 0.25) is 0 Å². The van der Waals surface area contributed by atoms with Gasteiger partial charge in [0.1, 0.15) is 11.4 Å². The largest absolute Gasteiger partial charge is 0.487 e. The third-order valence-electron chi connectivity index (χ3n) is 5.42. The molecular formula is C17H24N2O3S. The first-order valence-electron chi connectivity index (χ1n) is 8.57. The lowest BCUT2D eigenvalue weighted by molar-refractivity contribution is -0.0369. The lowest BCUT2D eigenvalue weighted by atomic mass is 9.73. The molecule has 1 saturated heterocycles. The van der Waals surface area contributed by atoms with Crippen LogP contribution in [0.1, 0.15) is 43.7 Å². The molecule has 1 spiro atoms. The van der Waals surface area contributed by atoms with Gasteiger partial charge in [-0.05, 0) is 31.7 Å². The molecule has 126 valence electrons. The predicted molar refractivity (Wildman–Crippen MR) is 89.0 cm³/mol. The van der Waals surface area contributed by atoms with Gasteiger partial charge < -0.3 is 10.1 Å². The Hall–Kier alpha value is -1.11. The molecule has 1 aromatic rings. The molecule has 1 N–H and O–H groups in total. The van der Waals surface area contributed by atoms with E-state index in [9.17, 15) is 8.42 Å². The van der Waals surface area contributed by atoms with Gasteiger partial charge in [-0.3, -0.25) is 0 Å². The summed E-state index contributed by atoms with van der Waals surface area (Å²) < 4.78 is 31.6. The van der Waals surface area contributed by atoms with Crippen LogP contribution in [-0.4, -0.2) is 43.7 Å². The molecule has 6 heteroatoms. The summed E-state index contributed by atoms with van der Waals surface area (Å²) in [5.41, 5.74) is 1.21. The number of hydrogen-bond acceptors (Lipinski definition) is 4. The molecule has 2 aliphatic heterocycles. The second-order valence-electron chi connectivity index (χ2n) is 6.96. The highest BCUT2D eigenvalue weighted by atomic mass is 32.2. The Morgan fingerprint density at radius 1 is 1.26 bits per heavy atom. The summed E-state index contributed by atoms with van der Waals surface area (Å²) in [5.74, 6) is 1.29. The summed E-state index contributed by atoms with van der Waals surface area (Å²) >= 11 is 0. The SMILES string of the molecule is O=S1(=O)CCCN1CCN[C@@H]1CC2(CCC2)Oc2ccccc21. The van der Waals surface area contributed by atoms with Crippen molar-refractivity contribution >= 4 is 10.0 Å². The maximum Gasteiger partial charge on any atom is 0.214 e. The fraction of sp³-hybridized carbons (Fsp3) is 0.647. The average molecular weight is 336 g/mol. The number of nitrogens with zero attached hydrogens (tertiary/aromatic N) is 1. The van der Waals surface area contributed by atoms with Gasteiger partial charge >= 0.3 is 0 Å². The van der Waals surface area contributed by atoms with Gasteiger partial charge in [0, 0.05) is 37.7 Å². The van der Waals surface area contributed by atoms with E-state index in [1.807, 2.05) is 18.2 Å². The Balaban J connectivity index is 1.43. The van der Waals surface area contributed by atoms with E-state index >= 15 is 0 Å². The van der Waals surface area contributed by atoms with Crippen molar-refractivity contribution in [1.82, 2.24) is 9.62 Å². The van der Waals surface area contributed by atoms with Gasteiger partial charge in [-0.2, -0.15) is 0 Å². The number of nitrogens with one attached hydrogen (secondary N) is 1. The van der Waals surface area contributed by atoms with Crippen LogP contribution in [-0.2, 0) is 10.0 Å². The van der Waals surface area contributed by atoms with Crippen molar-refractivity contribution < 1.29 is 13.2 Å². The van der Waals surface area contributed by atoms with Crippen molar-refractivity contribution in [2.24, 2.45) is 0 Å². The van der Waals surface area contributed by atoms with Gasteiger partial charge in [-0.15, -0.1) is 0 Å². The number of ether oxygens (including phenoxy) is 1. The standard InChI is InChI=1S/C17H24N2O3S/c20-23(21)12-4-10-19(23)11-9-18-15-13-17(7-3-8-17)22-16-6-2-1-5-14(15)16/h1-2,5-6,15,18H,3-4,7-13H2/t15-/m1/s1. The summed E-state index contributed by atoms with van der Waals surface area (Å²) in [6.07, 6.45) is 5.23. The highest BCUT2D eigenvalue weighted by Crippen LogP contribution is 2.48. The quantitative estimate of drug-likeness (QED) is 0.914. The zero-order valence-electron chi connectivity index (χ0n) is 13.3. The van der Waals surface area contributed by atoms with Crippen molar-refractivity contribution in [2.45, 2.75) is 43.7 Å². The molecule has 1 saturated carbocycles. The number of benzene rings is 1. The number of hydrogen-bond donors (Lipinski definition) is 1. The van der Waals surface area contributed by atoms with E-state index in [4.69, 9.17) is 4.74 Å². The van der Waals surface area contributed by atoms with E-state index in [0.29, 0.717) is 25.4 Å². The minimum atomic E-state index is -3.00. The zero-order valence-corrected chi connectivity index (χ0v) is 14.1. The molecule has 4 rings (SSSR count). The first-order valence-corrected chi connectivity index (χ1v) is 10.2. The molecule has 0 amide bonds. The van der Waals surface area contributed by atoms with Crippen LogP contribution in [0.15, 0.2) is 24.3 Å². The van der Waals surface area contributed by atoms with Crippen molar-refractivity contribution in [3.05, 3.63) is 29.8 Å². The van der Waals surface area contributed by atoms with Crippen LogP contribution in [0.25, 0.3) is 0 Å². The third-order valence-corrected chi connectivity index (χ3v) is 7.37. The zero-order chi connectivity index (χ0) is 15.9. The van der Waals surface area contributed by atoms with Crippen molar-refractivity contribution in [3.8, 4) is 5.75 Å². The molecule has 1 atom stereocenters. The maximum absolute atomic E-state index is 11.9. The van der Waals surface area contributed by atoms with Gasteiger partial charge in [0.25, 0.3) is 0 Å². The van der Waals surface area contributed by atoms with Crippen molar-refractivity contribution in [3.63, 3.8) is 0 Å². The van der Waals surface area contributed by atoms with Gasteiger partial charge in [0.15, 0.2) is 0 Å². The summed E-state index contributed by atoms with van der Waals surface area (Å²) in [7, 11) is -3.00.